The van der Waals surface area contributed by atoms with Gasteiger partial charge in [-0.05, 0) is 12.1 Å². The van der Waals surface area contributed by atoms with Gasteiger partial charge in [0, 0.05) is 19.1 Å². The zero-order chi connectivity index (χ0) is 15.7. The van der Waals surface area contributed by atoms with Crippen molar-refractivity contribution in [1.29, 1.82) is 5.26 Å². The fraction of sp³-hybridized carbons (Fsp3) is 0.231. The molecule has 2 aromatic heterocycles. The van der Waals surface area contributed by atoms with Gasteiger partial charge in [0.15, 0.2) is 11.5 Å². The molecule has 0 bridgehead atoms. The van der Waals surface area contributed by atoms with Gasteiger partial charge < -0.3 is 9.47 Å². The van der Waals surface area contributed by atoms with Gasteiger partial charge in [-0.2, -0.15) is 5.26 Å². The minimum atomic E-state index is -0.0971. The minimum absolute atomic E-state index is 0.0971. The molecule has 0 saturated carbocycles. The SMILES string of the molecule is COc1ccc(C#N)nn1.COc1ccc(C(C)=O)nn1. The van der Waals surface area contributed by atoms with Gasteiger partial charge in [-0.15, -0.1) is 20.4 Å². The molecular formula is C13H13N5O3. The molecule has 2 rings (SSSR count). The average Bonchev–Trinajstić information content (AvgIpc) is 2.55. The van der Waals surface area contributed by atoms with Crippen molar-refractivity contribution in [3.8, 4) is 17.8 Å². The Morgan fingerprint density at radius 1 is 1.00 bits per heavy atom. The normalized spacial score (nSPS) is 8.86. The quantitative estimate of drug-likeness (QED) is 0.770. The Labute approximate surface area is 121 Å². The highest BCUT2D eigenvalue weighted by atomic mass is 16.5. The molecule has 8 nitrogen and oxygen atoms in total. The maximum Gasteiger partial charge on any atom is 0.233 e. The molecule has 8 heteroatoms. The summed E-state index contributed by atoms with van der Waals surface area (Å²) >= 11 is 0. The second kappa shape index (κ2) is 8.16. The summed E-state index contributed by atoms with van der Waals surface area (Å²) in [6.45, 7) is 1.44. The second-order valence-corrected chi connectivity index (χ2v) is 3.59. The maximum atomic E-state index is 10.7. The first-order valence-corrected chi connectivity index (χ1v) is 5.77. The Balaban J connectivity index is 0.000000211. The van der Waals surface area contributed by atoms with Crippen molar-refractivity contribution in [1.82, 2.24) is 20.4 Å². The molecule has 0 aliphatic heterocycles. The van der Waals surface area contributed by atoms with Crippen LogP contribution in [0, 0.1) is 11.3 Å². The maximum absolute atomic E-state index is 10.7. The summed E-state index contributed by atoms with van der Waals surface area (Å²) in [6.07, 6.45) is 0. The van der Waals surface area contributed by atoms with E-state index in [2.05, 4.69) is 20.4 Å². The highest BCUT2D eigenvalue weighted by Gasteiger charge is 2.00. The number of rotatable bonds is 3. The number of hydrogen-bond donors (Lipinski definition) is 0. The van der Waals surface area contributed by atoms with Gasteiger partial charge in [0.25, 0.3) is 0 Å². The molecule has 0 unspecified atom stereocenters. The van der Waals surface area contributed by atoms with Crippen molar-refractivity contribution in [2.75, 3.05) is 14.2 Å². The Kier molecular flexibility index (Phi) is 6.21. The smallest absolute Gasteiger partial charge is 0.233 e. The van der Waals surface area contributed by atoms with E-state index in [1.54, 1.807) is 24.3 Å². The van der Waals surface area contributed by atoms with Crippen LogP contribution >= 0.6 is 0 Å². The first-order chi connectivity index (χ1) is 10.1. The van der Waals surface area contributed by atoms with E-state index >= 15 is 0 Å². The topological polar surface area (TPSA) is 111 Å². The molecule has 21 heavy (non-hydrogen) atoms. The largest absolute Gasteiger partial charge is 0.480 e. The van der Waals surface area contributed by atoms with Gasteiger partial charge in [0.2, 0.25) is 11.8 Å². The van der Waals surface area contributed by atoms with Crippen LogP contribution < -0.4 is 9.47 Å². The molecule has 0 N–H and O–H groups in total. The van der Waals surface area contributed by atoms with E-state index in [1.807, 2.05) is 6.07 Å². The van der Waals surface area contributed by atoms with Gasteiger partial charge in [-0.1, -0.05) is 0 Å². The molecule has 0 amide bonds. The molecule has 2 heterocycles. The molecule has 0 atom stereocenters. The summed E-state index contributed by atoms with van der Waals surface area (Å²) < 4.78 is 9.49. The lowest BCUT2D eigenvalue weighted by molar-refractivity contribution is 0.101. The summed E-state index contributed by atoms with van der Waals surface area (Å²) in [6, 6.07) is 8.16. The van der Waals surface area contributed by atoms with Crippen molar-refractivity contribution in [3.63, 3.8) is 0 Å². The number of aromatic nitrogens is 4. The molecule has 108 valence electrons. The fourth-order valence-corrected chi connectivity index (χ4v) is 1.11. The molecule has 0 radical (unpaired) electrons. The molecule has 0 spiro atoms. The molecule has 0 saturated heterocycles. The van der Waals surface area contributed by atoms with Crippen LogP contribution in [0.25, 0.3) is 0 Å². The molecule has 0 aliphatic rings. The Morgan fingerprint density at radius 3 is 1.90 bits per heavy atom. The van der Waals surface area contributed by atoms with E-state index in [0.717, 1.165) is 0 Å². The summed E-state index contributed by atoms with van der Waals surface area (Å²) in [5.41, 5.74) is 0.645. The predicted molar refractivity (Wildman–Crippen MR) is 71.9 cm³/mol. The number of nitrogens with zero attached hydrogens (tertiary/aromatic N) is 5. The van der Waals surface area contributed by atoms with Crippen molar-refractivity contribution in [2.45, 2.75) is 6.92 Å². The molecular weight excluding hydrogens is 274 g/mol. The number of methoxy groups -OCH3 is 2. The van der Waals surface area contributed by atoms with Gasteiger partial charge >= 0.3 is 0 Å². The van der Waals surface area contributed by atoms with Crippen LogP contribution in [0.2, 0.25) is 0 Å². The molecule has 2 aromatic rings. The molecule has 0 aromatic carbocycles. The van der Waals surface area contributed by atoms with Crippen molar-refractivity contribution < 1.29 is 14.3 Å². The second-order valence-electron chi connectivity index (χ2n) is 3.59. The monoisotopic (exact) mass is 287 g/mol. The number of carbonyl (C=O) groups is 1. The zero-order valence-electron chi connectivity index (χ0n) is 11.8. The number of ether oxygens (including phenoxy) is 2. The van der Waals surface area contributed by atoms with Crippen LogP contribution in [0.3, 0.4) is 0 Å². The van der Waals surface area contributed by atoms with Gasteiger partial charge in [-0.25, -0.2) is 0 Å². The van der Waals surface area contributed by atoms with Crippen LogP contribution in [-0.2, 0) is 0 Å². The summed E-state index contributed by atoms with van der Waals surface area (Å²) in [4.78, 5) is 10.7. The summed E-state index contributed by atoms with van der Waals surface area (Å²) in [5.74, 6) is 0.731. The van der Waals surface area contributed by atoms with Gasteiger partial charge in [0.05, 0.1) is 14.2 Å². The van der Waals surface area contributed by atoms with Crippen molar-refractivity contribution in [2.24, 2.45) is 0 Å². The lowest BCUT2D eigenvalue weighted by atomic mass is 10.3. The van der Waals surface area contributed by atoms with Crippen LogP contribution in [0.5, 0.6) is 11.8 Å². The third kappa shape index (κ3) is 5.20. The Morgan fingerprint density at radius 2 is 1.57 bits per heavy atom. The van der Waals surface area contributed by atoms with E-state index in [0.29, 0.717) is 23.1 Å². The number of nitriles is 1. The lowest BCUT2D eigenvalue weighted by Gasteiger charge is -1.96. The number of carbonyl (C=O) groups excluding carboxylic acids is 1. The van der Waals surface area contributed by atoms with E-state index in [4.69, 9.17) is 14.7 Å². The summed E-state index contributed by atoms with van der Waals surface area (Å²) in [7, 11) is 2.99. The third-order valence-electron chi connectivity index (χ3n) is 2.17. The van der Waals surface area contributed by atoms with Crippen molar-refractivity contribution >= 4 is 5.78 Å². The molecule has 0 fully saturated rings. The highest BCUT2D eigenvalue weighted by molar-refractivity contribution is 5.91. The lowest BCUT2D eigenvalue weighted by Crippen LogP contribution is -1.99. The Bertz CT molecular complexity index is 620. The van der Waals surface area contributed by atoms with E-state index in [9.17, 15) is 4.79 Å². The molecule has 0 aliphatic carbocycles. The highest BCUT2D eigenvalue weighted by Crippen LogP contribution is 2.03. The number of Topliss-reactive ketones (excluding diaryl/α,β-unsaturated/α-hetero) is 1. The number of ketones is 1. The van der Waals surface area contributed by atoms with Gasteiger partial charge in [0.1, 0.15) is 11.8 Å². The predicted octanol–water partition coefficient (Wildman–Crippen LogP) is 1.04. The standard InChI is InChI=1S/C7H8N2O2.C6H5N3O/c1-5(10)6-3-4-7(11-2)9-8-6;1-10-6-3-2-5(4-7)8-9-6/h3-4H,1-2H3;2-3H,1H3. The van der Waals surface area contributed by atoms with E-state index < -0.39 is 0 Å². The Hall–Kier alpha value is -3.08. The van der Waals surface area contributed by atoms with Crippen LogP contribution in [-0.4, -0.2) is 40.4 Å². The fourth-order valence-electron chi connectivity index (χ4n) is 1.11. The first-order valence-electron chi connectivity index (χ1n) is 5.77. The average molecular weight is 287 g/mol. The van der Waals surface area contributed by atoms with Crippen LogP contribution in [0.4, 0.5) is 0 Å². The number of hydrogen-bond acceptors (Lipinski definition) is 8. The van der Waals surface area contributed by atoms with Crippen molar-refractivity contribution in [3.05, 3.63) is 35.7 Å². The third-order valence-corrected chi connectivity index (χ3v) is 2.17. The van der Waals surface area contributed by atoms with E-state index in [-0.39, 0.29) is 5.78 Å². The first kappa shape index (κ1) is 16.0. The van der Waals surface area contributed by atoms with E-state index in [1.165, 1.54) is 21.1 Å². The van der Waals surface area contributed by atoms with Crippen LogP contribution in [0.15, 0.2) is 24.3 Å². The van der Waals surface area contributed by atoms with Crippen LogP contribution in [0.1, 0.15) is 23.1 Å². The minimum Gasteiger partial charge on any atom is -0.480 e. The zero-order valence-corrected chi connectivity index (χ0v) is 11.8. The summed E-state index contributed by atoms with van der Waals surface area (Å²) in [5, 5.41) is 22.7. The van der Waals surface area contributed by atoms with Gasteiger partial charge in [-0.3, -0.25) is 4.79 Å².